The van der Waals surface area contributed by atoms with Gasteiger partial charge in [0.05, 0.1) is 23.1 Å². The van der Waals surface area contributed by atoms with E-state index in [0.29, 0.717) is 23.1 Å². The number of rotatable bonds is 4. The average molecular weight is 335 g/mol. The number of amides is 1. The summed E-state index contributed by atoms with van der Waals surface area (Å²) in [5.74, 6) is 1.22. The number of carbonyl (C=O) groups is 1. The first-order valence-electron chi connectivity index (χ1n) is 8.15. The van der Waals surface area contributed by atoms with E-state index in [2.05, 4.69) is 25.4 Å². The quantitative estimate of drug-likeness (QED) is 0.786. The van der Waals surface area contributed by atoms with E-state index in [0.717, 1.165) is 29.9 Å². The molecule has 2 aromatic heterocycles. The van der Waals surface area contributed by atoms with Gasteiger partial charge in [-0.05, 0) is 38.8 Å². The highest BCUT2D eigenvalue weighted by atomic mass is 16.5. The van der Waals surface area contributed by atoms with Gasteiger partial charge in [0.25, 0.3) is 11.8 Å². The Hall–Kier alpha value is -3.09. The van der Waals surface area contributed by atoms with Gasteiger partial charge in [0.1, 0.15) is 5.69 Å². The molecule has 7 heteroatoms. The van der Waals surface area contributed by atoms with Crippen molar-refractivity contribution in [3.8, 4) is 11.5 Å². The Kier molecular flexibility index (Phi) is 3.76. The summed E-state index contributed by atoms with van der Waals surface area (Å²) >= 11 is 0. The SMILES string of the molecule is Cc1ccc(NC(=O)c2cnc(C)cn2)c(-c2nc(C3CC3)no2)c1. The third-order valence-electron chi connectivity index (χ3n) is 4.05. The van der Waals surface area contributed by atoms with Crippen LogP contribution in [0.5, 0.6) is 0 Å². The minimum absolute atomic E-state index is 0.251. The molecule has 0 saturated heterocycles. The highest BCUT2D eigenvalue weighted by molar-refractivity contribution is 6.04. The van der Waals surface area contributed by atoms with E-state index in [1.54, 1.807) is 6.20 Å². The Labute approximate surface area is 144 Å². The summed E-state index contributed by atoms with van der Waals surface area (Å²) in [7, 11) is 0. The molecule has 0 radical (unpaired) electrons. The number of nitrogens with zero attached hydrogens (tertiary/aromatic N) is 4. The van der Waals surface area contributed by atoms with Crippen molar-refractivity contribution in [3.63, 3.8) is 0 Å². The molecule has 1 aliphatic rings. The first-order chi connectivity index (χ1) is 12.1. The molecule has 126 valence electrons. The molecule has 4 rings (SSSR count). The van der Waals surface area contributed by atoms with Crippen LogP contribution in [0.3, 0.4) is 0 Å². The molecule has 1 aliphatic carbocycles. The van der Waals surface area contributed by atoms with Gasteiger partial charge in [-0.25, -0.2) is 4.98 Å². The van der Waals surface area contributed by atoms with Crippen LogP contribution in [0.4, 0.5) is 5.69 Å². The zero-order valence-electron chi connectivity index (χ0n) is 14.0. The molecule has 0 atom stereocenters. The third kappa shape index (κ3) is 3.26. The van der Waals surface area contributed by atoms with Crippen molar-refractivity contribution in [1.82, 2.24) is 20.1 Å². The predicted molar refractivity (Wildman–Crippen MR) is 91.2 cm³/mol. The second-order valence-electron chi connectivity index (χ2n) is 6.28. The molecule has 0 unspecified atom stereocenters. The molecule has 0 aliphatic heterocycles. The summed E-state index contributed by atoms with van der Waals surface area (Å²) in [5.41, 5.74) is 3.35. The van der Waals surface area contributed by atoms with Crippen LogP contribution in [0.2, 0.25) is 0 Å². The molecular formula is C18H17N5O2. The largest absolute Gasteiger partial charge is 0.334 e. The van der Waals surface area contributed by atoms with Crippen molar-refractivity contribution >= 4 is 11.6 Å². The Morgan fingerprint density at radius 2 is 2.04 bits per heavy atom. The molecule has 25 heavy (non-hydrogen) atoms. The molecule has 1 amide bonds. The normalized spacial score (nSPS) is 13.7. The van der Waals surface area contributed by atoms with Crippen LogP contribution in [-0.4, -0.2) is 26.0 Å². The molecule has 1 fully saturated rings. The molecular weight excluding hydrogens is 318 g/mol. The smallest absolute Gasteiger partial charge is 0.275 e. The second-order valence-corrected chi connectivity index (χ2v) is 6.28. The average Bonchev–Trinajstić information content (AvgIpc) is 3.34. The number of benzene rings is 1. The molecule has 3 aromatic rings. The lowest BCUT2D eigenvalue weighted by molar-refractivity contribution is 0.102. The summed E-state index contributed by atoms with van der Waals surface area (Å²) in [6, 6.07) is 5.66. The molecule has 1 aromatic carbocycles. The predicted octanol–water partition coefficient (Wildman–Crippen LogP) is 3.27. The minimum Gasteiger partial charge on any atom is -0.334 e. The monoisotopic (exact) mass is 335 g/mol. The number of nitrogens with one attached hydrogen (secondary N) is 1. The summed E-state index contributed by atoms with van der Waals surface area (Å²) < 4.78 is 5.41. The molecule has 1 N–H and O–H groups in total. The van der Waals surface area contributed by atoms with Crippen LogP contribution in [0, 0.1) is 13.8 Å². The maximum absolute atomic E-state index is 12.4. The summed E-state index contributed by atoms with van der Waals surface area (Å²) in [6.07, 6.45) is 5.21. The Morgan fingerprint density at radius 1 is 1.20 bits per heavy atom. The molecule has 7 nitrogen and oxygen atoms in total. The van der Waals surface area contributed by atoms with Gasteiger partial charge in [-0.3, -0.25) is 9.78 Å². The number of carbonyl (C=O) groups excluding carboxylic acids is 1. The highest BCUT2D eigenvalue weighted by Crippen LogP contribution is 2.39. The van der Waals surface area contributed by atoms with Crippen molar-refractivity contribution in [3.05, 3.63) is 53.4 Å². The zero-order valence-corrected chi connectivity index (χ0v) is 14.0. The van der Waals surface area contributed by atoms with Gasteiger partial charge in [0, 0.05) is 12.1 Å². The molecule has 0 spiro atoms. The maximum Gasteiger partial charge on any atom is 0.275 e. The van der Waals surface area contributed by atoms with Gasteiger partial charge in [0.2, 0.25) is 0 Å². The van der Waals surface area contributed by atoms with Crippen LogP contribution < -0.4 is 5.32 Å². The van der Waals surface area contributed by atoms with E-state index >= 15 is 0 Å². The fourth-order valence-electron chi connectivity index (χ4n) is 2.49. The van der Waals surface area contributed by atoms with E-state index in [1.807, 2.05) is 32.0 Å². The van der Waals surface area contributed by atoms with Gasteiger partial charge in [-0.2, -0.15) is 4.98 Å². The Bertz CT molecular complexity index is 929. The van der Waals surface area contributed by atoms with Gasteiger partial charge < -0.3 is 9.84 Å². The van der Waals surface area contributed by atoms with Crippen LogP contribution in [0.25, 0.3) is 11.5 Å². The van der Waals surface area contributed by atoms with E-state index in [4.69, 9.17) is 4.52 Å². The number of anilines is 1. The van der Waals surface area contributed by atoms with Crippen LogP contribution >= 0.6 is 0 Å². The van der Waals surface area contributed by atoms with Crippen LogP contribution in [0.15, 0.2) is 35.1 Å². The number of hydrogen-bond donors (Lipinski definition) is 1. The molecule has 1 saturated carbocycles. The van der Waals surface area contributed by atoms with Crippen LogP contribution in [0.1, 0.15) is 46.3 Å². The van der Waals surface area contributed by atoms with Gasteiger partial charge in [-0.15, -0.1) is 0 Å². The van der Waals surface area contributed by atoms with E-state index in [9.17, 15) is 4.79 Å². The highest BCUT2D eigenvalue weighted by Gasteiger charge is 2.29. The van der Waals surface area contributed by atoms with Crippen molar-refractivity contribution < 1.29 is 9.32 Å². The third-order valence-corrected chi connectivity index (χ3v) is 4.05. The minimum atomic E-state index is -0.334. The number of aromatic nitrogens is 4. The van der Waals surface area contributed by atoms with Gasteiger partial charge in [-0.1, -0.05) is 16.8 Å². The Morgan fingerprint density at radius 3 is 2.76 bits per heavy atom. The molecule has 0 bridgehead atoms. The topological polar surface area (TPSA) is 93.8 Å². The lowest BCUT2D eigenvalue weighted by Crippen LogP contribution is -2.15. The van der Waals surface area contributed by atoms with Gasteiger partial charge >= 0.3 is 0 Å². The second kappa shape index (κ2) is 6.08. The lowest BCUT2D eigenvalue weighted by Gasteiger charge is -2.09. The van der Waals surface area contributed by atoms with E-state index in [1.165, 1.54) is 6.20 Å². The summed E-state index contributed by atoms with van der Waals surface area (Å²) in [4.78, 5) is 25.1. The fourth-order valence-corrected chi connectivity index (χ4v) is 2.49. The van der Waals surface area contributed by atoms with Crippen molar-refractivity contribution in [1.29, 1.82) is 0 Å². The van der Waals surface area contributed by atoms with Crippen molar-refractivity contribution in [2.45, 2.75) is 32.6 Å². The van der Waals surface area contributed by atoms with E-state index < -0.39 is 0 Å². The maximum atomic E-state index is 12.4. The van der Waals surface area contributed by atoms with Gasteiger partial charge in [0.15, 0.2) is 5.82 Å². The summed E-state index contributed by atoms with van der Waals surface area (Å²) in [5, 5.41) is 6.91. The van der Waals surface area contributed by atoms with Crippen LogP contribution in [-0.2, 0) is 0 Å². The first kappa shape index (κ1) is 15.4. The standard InChI is InChI=1S/C18H17N5O2/c1-10-3-6-14(21-17(24)15-9-19-11(2)8-20-15)13(7-10)18-22-16(23-25-18)12-4-5-12/h3,6-9,12H,4-5H2,1-2H3,(H,21,24). The fraction of sp³-hybridized carbons (Fsp3) is 0.278. The zero-order chi connectivity index (χ0) is 17.4. The van der Waals surface area contributed by atoms with E-state index in [-0.39, 0.29) is 11.6 Å². The Balaban J connectivity index is 1.64. The lowest BCUT2D eigenvalue weighted by atomic mass is 10.1. The van der Waals surface area contributed by atoms with Crippen molar-refractivity contribution in [2.24, 2.45) is 0 Å². The molecule has 2 heterocycles. The number of aryl methyl sites for hydroxylation is 2. The van der Waals surface area contributed by atoms with Crippen molar-refractivity contribution in [2.75, 3.05) is 5.32 Å². The number of hydrogen-bond acceptors (Lipinski definition) is 6. The summed E-state index contributed by atoms with van der Waals surface area (Å²) in [6.45, 7) is 3.79. The first-order valence-corrected chi connectivity index (χ1v) is 8.15.